The summed E-state index contributed by atoms with van der Waals surface area (Å²) < 4.78 is 0. The summed E-state index contributed by atoms with van der Waals surface area (Å²) in [5.74, 6) is 0. The molecule has 0 unspecified atom stereocenters. The minimum atomic E-state index is 0. The van der Waals surface area contributed by atoms with Crippen molar-refractivity contribution < 1.29 is 15.0 Å². The van der Waals surface area contributed by atoms with E-state index in [1.165, 1.54) is 4.97 Å². The van der Waals surface area contributed by atoms with Gasteiger partial charge in [0.25, 0.3) is 0 Å². The molecule has 0 bridgehead atoms. The van der Waals surface area contributed by atoms with Crippen LogP contribution in [-0.2, 0) is 15.0 Å². The Morgan fingerprint density at radius 3 is 2.33 bits per heavy atom. The van der Waals surface area contributed by atoms with Crippen LogP contribution in [-0.4, -0.2) is 18.9 Å². The molecule has 0 saturated heterocycles. The molecule has 0 aliphatic carbocycles. The molecule has 0 spiro atoms. The number of nitriles is 1. The first-order valence-corrected chi connectivity index (χ1v) is 1.97. The summed E-state index contributed by atoms with van der Waals surface area (Å²) in [4.78, 5) is 3.28. The second-order valence-electron chi connectivity index (χ2n) is 0.278. The molecule has 0 atom stereocenters. The third-order valence-electron chi connectivity index (χ3n) is 0.100. The van der Waals surface area contributed by atoms with Crippen molar-refractivity contribution in [2.45, 2.75) is 0 Å². The van der Waals surface area contributed by atoms with Gasteiger partial charge in [-0.2, -0.15) is 0 Å². The zero-order valence-electron chi connectivity index (χ0n) is 2.53. The molecule has 0 aromatic rings. The van der Waals surface area contributed by atoms with Gasteiger partial charge in [-0.1, -0.05) is 0 Å². The van der Waals surface area contributed by atoms with Crippen LogP contribution in [0.2, 0.25) is 0 Å². The molecular weight excluding hydrogens is 121 g/mol. The van der Waals surface area contributed by atoms with Crippen molar-refractivity contribution in [3.63, 3.8) is 0 Å². The van der Waals surface area contributed by atoms with E-state index < -0.39 is 0 Å². The summed E-state index contributed by atoms with van der Waals surface area (Å²) >= 11 is 1.10. The molecule has 0 aromatic heterocycles. The van der Waals surface area contributed by atoms with Gasteiger partial charge in [0.1, 0.15) is 0 Å². The number of rotatable bonds is 1. The first-order valence-electron chi connectivity index (χ1n) is 0.957. The molecule has 33 valence electrons. The first kappa shape index (κ1) is 9.60. The van der Waals surface area contributed by atoms with E-state index in [0.29, 0.717) is 0 Å². The molecule has 0 N–H and O–H groups in total. The molecule has 0 saturated carbocycles. The van der Waals surface area contributed by atoms with Gasteiger partial charge in [0, 0.05) is 0 Å². The van der Waals surface area contributed by atoms with Gasteiger partial charge in [-0.15, -0.1) is 0 Å². The predicted molar refractivity (Wildman–Crippen MR) is 23.0 cm³/mol. The molecule has 0 rings (SSSR count). The fourth-order valence-electron chi connectivity index (χ4n) is 0.0275. The van der Waals surface area contributed by atoms with Gasteiger partial charge >= 0.3 is 55.6 Å². The third kappa shape index (κ3) is 8.84. The van der Waals surface area contributed by atoms with Crippen molar-refractivity contribution >= 4 is 18.9 Å². The number of hydrogen-bond donors (Lipinski definition) is 0. The van der Waals surface area contributed by atoms with Gasteiger partial charge in [0.05, 0.1) is 0 Å². The van der Waals surface area contributed by atoms with Crippen LogP contribution < -0.4 is 0 Å². The molecule has 3 heteroatoms. The number of hydrogen-bond acceptors (Lipinski definition) is 1. The zero-order chi connectivity index (χ0) is 4.12. The van der Waals surface area contributed by atoms with E-state index in [2.05, 4.69) is 6.58 Å². The molecular formula is C3H4CuLiN. The van der Waals surface area contributed by atoms with Crippen LogP contribution in [0.15, 0.2) is 11.6 Å². The second-order valence-corrected chi connectivity index (χ2v) is 1.14. The summed E-state index contributed by atoms with van der Waals surface area (Å²) in [5, 5.41) is 7.70. The van der Waals surface area contributed by atoms with Crippen molar-refractivity contribution in [3.8, 4) is 4.97 Å². The minimum absolute atomic E-state index is 0. The van der Waals surface area contributed by atoms with E-state index in [9.17, 15) is 0 Å². The van der Waals surface area contributed by atoms with E-state index in [1.54, 1.807) is 4.97 Å². The Bertz CT molecular complexity index is 65.7. The summed E-state index contributed by atoms with van der Waals surface area (Å²) in [5.41, 5.74) is 0. The fraction of sp³-hybridized carbons (Fsp3) is 0. The predicted octanol–water partition coefficient (Wildman–Crippen LogP) is 0.0450. The van der Waals surface area contributed by atoms with E-state index in [0.717, 1.165) is 15.0 Å². The van der Waals surface area contributed by atoms with Crippen LogP contribution in [0.4, 0.5) is 0 Å². The monoisotopic (exact) mass is 124 g/mol. The van der Waals surface area contributed by atoms with Gasteiger partial charge in [0.2, 0.25) is 0 Å². The van der Waals surface area contributed by atoms with E-state index in [-0.39, 0.29) is 18.9 Å². The van der Waals surface area contributed by atoms with Gasteiger partial charge in [0.15, 0.2) is 0 Å². The van der Waals surface area contributed by atoms with Crippen LogP contribution in [0.3, 0.4) is 0 Å². The summed E-state index contributed by atoms with van der Waals surface area (Å²) in [6.07, 6.45) is 0. The maximum atomic E-state index is 7.70. The molecule has 0 aromatic carbocycles. The Balaban J connectivity index is 0. The van der Waals surface area contributed by atoms with Gasteiger partial charge in [-0.3, -0.25) is 0 Å². The number of nitrogens with zero attached hydrogens (tertiary/aromatic N) is 1. The van der Waals surface area contributed by atoms with E-state index in [4.69, 9.17) is 5.26 Å². The molecule has 0 heterocycles. The van der Waals surface area contributed by atoms with Gasteiger partial charge in [-0.25, -0.2) is 0 Å². The van der Waals surface area contributed by atoms with Crippen LogP contribution in [0.1, 0.15) is 0 Å². The molecule has 0 fully saturated rings. The van der Waals surface area contributed by atoms with E-state index >= 15 is 0 Å². The topological polar surface area (TPSA) is 23.8 Å². The second kappa shape index (κ2) is 9.02. The van der Waals surface area contributed by atoms with Crippen LogP contribution in [0.25, 0.3) is 0 Å². The third-order valence-corrected chi connectivity index (χ3v) is 0.414. The standard InChI is InChI=1S/C2H3.CN.Cu.Li.H/c2*1-2;;;/h1H,2H2;;;;. The van der Waals surface area contributed by atoms with Gasteiger partial charge < -0.3 is 0 Å². The normalized spacial score (nSPS) is 5.17. The summed E-state index contributed by atoms with van der Waals surface area (Å²) in [6, 6.07) is 0. The van der Waals surface area contributed by atoms with Crippen molar-refractivity contribution in [2.24, 2.45) is 0 Å². The Kier molecular flexibility index (Phi) is 14.4. The maximum absolute atomic E-state index is 7.70. The Labute approximate surface area is 55.8 Å². The Morgan fingerprint density at radius 2 is 2.33 bits per heavy atom. The van der Waals surface area contributed by atoms with E-state index in [1.807, 2.05) is 0 Å². The Hall–Kier alpha value is 0.347. The van der Waals surface area contributed by atoms with Crippen molar-refractivity contribution in [1.29, 1.82) is 5.26 Å². The Morgan fingerprint density at radius 1 is 1.83 bits per heavy atom. The summed E-state index contributed by atoms with van der Waals surface area (Å²) in [7, 11) is 0. The van der Waals surface area contributed by atoms with Crippen molar-refractivity contribution in [2.75, 3.05) is 0 Å². The van der Waals surface area contributed by atoms with Crippen molar-refractivity contribution in [1.82, 2.24) is 0 Å². The van der Waals surface area contributed by atoms with Crippen LogP contribution >= 0.6 is 0 Å². The van der Waals surface area contributed by atoms with Crippen LogP contribution in [0.5, 0.6) is 0 Å². The summed E-state index contributed by atoms with van der Waals surface area (Å²) in [6.45, 7) is 3.29. The molecule has 0 amide bonds. The molecule has 0 aliphatic heterocycles. The first-order chi connectivity index (χ1) is 2.41. The molecule has 0 radical (unpaired) electrons. The SMILES string of the molecule is C=[CH][Cu][C]#N.[LiH]. The average Bonchev–Trinajstić information content (AvgIpc) is 1.41. The quantitative estimate of drug-likeness (QED) is 0.453. The van der Waals surface area contributed by atoms with Crippen LogP contribution in [0, 0.1) is 10.2 Å². The molecule has 0 aliphatic rings. The molecule has 1 nitrogen and oxygen atoms in total. The fourth-order valence-corrected chi connectivity index (χ4v) is 0.113. The average molecular weight is 125 g/mol. The van der Waals surface area contributed by atoms with Crippen molar-refractivity contribution in [3.05, 3.63) is 11.6 Å². The zero-order valence-corrected chi connectivity index (χ0v) is 3.47. The molecule has 6 heavy (non-hydrogen) atoms. The van der Waals surface area contributed by atoms with Gasteiger partial charge in [-0.05, 0) is 0 Å².